The van der Waals surface area contributed by atoms with Crippen LogP contribution in [-0.2, 0) is 0 Å². The molecule has 108 valence electrons. The number of hydrogen-bond donors (Lipinski definition) is 3. The van der Waals surface area contributed by atoms with E-state index < -0.39 is 11.8 Å². The maximum absolute atomic E-state index is 13.5. The first-order valence-electron chi connectivity index (χ1n) is 5.89. The maximum Gasteiger partial charge on any atom is 0.323 e. The molecule has 0 fully saturated rings. The van der Waals surface area contributed by atoms with Crippen molar-refractivity contribution in [3.05, 3.63) is 58.3 Å². The molecular formula is C14H11BrFN3OS. The fourth-order valence-corrected chi connectivity index (χ4v) is 2.21. The average Bonchev–Trinajstić information content (AvgIpc) is 2.41. The van der Waals surface area contributed by atoms with Gasteiger partial charge in [-0.2, -0.15) is 0 Å². The number of thiocarbonyl (C=S) groups is 1. The summed E-state index contributed by atoms with van der Waals surface area (Å²) < 4.78 is 14.2. The Kier molecular flexibility index (Phi) is 4.87. The third kappa shape index (κ3) is 3.99. The minimum Gasteiger partial charge on any atom is -0.389 e. The zero-order valence-electron chi connectivity index (χ0n) is 10.7. The van der Waals surface area contributed by atoms with Crippen LogP contribution in [0.3, 0.4) is 0 Å². The first kappa shape index (κ1) is 15.4. The Balaban J connectivity index is 2.18. The van der Waals surface area contributed by atoms with Crippen LogP contribution in [-0.4, -0.2) is 11.0 Å². The molecule has 21 heavy (non-hydrogen) atoms. The van der Waals surface area contributed by atoms with E-state index in [-0.39, 0.29) is 10.7 Å². The van der Waals surface area contributed by atoms with Gasteiger partial charge in [0.2, 0.25) is 0 Å². The Morgan fingerprint density at radius 1 is 1.14 bits per heavy atom. The highest BCUT2D eigenvalue weighted by atomic mass is 79.9. The lowest BCUT2D eigenvalue weighted by Crippen LogP contribution is -2.22. The molecule has 0 aromatic heterocycles. The van der Waals surface area contributed by atoms with E-state index in [9.17, 15) is 9.18 Å². The van der Waals surface area contributed by atoms with E-state index >= 15 is 0 Å². The van der Waals surface area contributed by atoms with Crippen LogP contribution in [0, 0.1) is 5.82 Å². The standard InChI is InChI=1S/C14H11BrFN3OS/c15-8-5-6-9(13(17)21)12(7-8)19-14(20)18-11-4-2-1-3-10(11)16/h1-7H,(H2,17,21)(H2,18,19,20). The van der Waals surface area contributed by atoms with Crippen molar-refractivity contribution >= 4 is 50.5 Å². The van der Waals surface area contributed by atoms with E-state index in [1.165, 1.54) is 18.2 Å². The number of benzene rings is 2. The zero-order valence-corrected chi connectivity index (χ0v) is 13.1. The second-order valence-corrected chi connectivity index (χ2v) is 5.47. The van der Waals surface area contributed by atoms with Gasteiger partial charge < -0.3 is 16.4 Å². The van der Waals surface area contributed by atoms with E-state index in [1.54, 1.807) is 24.3 Å². The van der Waals surface area contributed by atoms with Gasteiger partial charge in [0.05, 0.1) is 11.4 Å². The van der Waals surface area contributed by atoms with Crippen LogP contribution >= 0.6 is 28.1 Å². The van der Waals surface area contributed by atoms with Crippen molar-refractivity contribution in [2.75, 3.05) is 10.6 Å². The smallest absolute Gasteiger partial charge is 0.323 e. The molecule has 7 heteroatoms. The number of carbonyl (C=O) groups is 1. The fourth-order valence-electron chi connectivity index (χ4n) is 1.67. The van der Waals surface area contributed by atoms with Gasteiger partial charge in [-0.1, -0.05) is 40.3 Å². The van der Waals surface area contributed by atoms with Crippen molar-refractivity contribution in [1.82, 2.24) is 0 Å². The molecule has 0 bridgehead atoms. The SMILES string of the molecule is NC(=S)c1ccc(Br)cc1NC(=O)Nc1ccccc1F. The van der Waals surface area contributed by atoms with Crippen LogP contribution in [0.15, 0.2) is 46.9 Å². The minimum atomic E-state index is -0.587. The van der Waals surface area contributed by atoms with Crippen LogP contribution in [0.4, 0.5) is 20.6 Å². The largest absolute Gasteiger partial charge is 0.389 e. The van der Waals surface area contributed by atoms with Gasteiger partial charge in [0.1, 0.15) is 10.8 Å². The number of nitrogens with one attached hydrogen (secondary N) is 2. The topological polar surface area (TPSA) is 67.1 Å². The second-order valence-electron chi connectivity index (χ2n) is 4.11. The molecular weight excluding hydrogens is 357 g/mol. The number of nitrogens with two attached hydrogens (primary N) is 1. The third-order valence-corrected chi connectivity index (χ3v) is 3.33. The van der Waals surface area contributed by atoms with E-state index in [0.29, 0.717) is 11.3 Å². The van der Waals surface area contributed by atoms with Gasteiger partial charge in [0.25, 0.3) is 0 Å². The molecule has 2 amide bonds. The third-order valence-electron chi connectivity index (χ3n) is 2.62. The number of rotatable bonds is 3. The number of hydrogen-bond acceptors (Lipinski definition) is 2. The molecule has 0 saturated carbocycles. The second kappa shape index (κ2) is 6.64. The van der Waals surface area contributed by atoms with Crippen molar-refractivity contribution < 1.29 is 9.18 Å². The number of urea groups is 1. The highest BCUT2D eigenvalue weighted by Gasteiger charge is 2.11. The summed E-state index contributed by atoms with van der Waals surface area (Å²) in [7, 11) is 0. The van der Waals surface area contributed by atoms with E-state index in [2.05, 4.69) is 26.6 Å². The van der Waals surface area contributed by atoms with Gasteiger partial charge in [-0.15, -0.1) is 0 Å². The fraction of sp³-hybridized carbons (Fsp3) is 0. The average molecular weight is 368 g/mol. The maximum atomic E-state index is 13.5. The molecule has 2 rings (SSSR count). The molecule has 4 nitrogen and oxygen atoms in total. The molecule has 0 spiro atoms. The van der Waals surface area contributed by atoms with Crippen molar-refractivity contribution in [3.8, 4) is 0 Å². The summed E-state index contributed by atoms with van der Waals surface area (Å²) in [6, 6.07) is 10.4. The molecule has 0 aliphatic carbocycles. The van der Waals surface area contributed by atoms with Gasteiger partial charge in [-0.05, 0) is 30.3 Å². The molecule has 0 aliphatic heterocycles. The van der Waals surface area contributed by atoms with Crippen LogP contribution < -0.4 is 16.4 Å². The lowest BCUT2D eigenvalue weighted by atomic mass is 10.2. The summed E-state index contributed by atoms with van der Waals surface area (Å²) in [5.74, 6) is -0.517. The Hall–Kier alpha value is -1.99. The molecule has 0 atom stereocenters. The summed E-state index contributed by atoms with van der Waals surface area (Å²) in [6.45, 7) is 0. The number of anilines is 2. The van der Waals surface area contributed by atoms with Crippen molar-refractivity contribution in [3.63, 3.8) is 0 Å². The van der Waals surface area contributed by atoms with Gasteiger partial charge in [-0.25, -0.2) is 9.18 Å². The summed E-state index contributed by atoms with van der Waals surface area (Å²) in [5.41, 5.74) is 6.65. The van der Waals surface area contributed by atoms with Crippen molar-refractivity contribution in [1.29, 1.82) is 0 Å². The van der Waals surface area contributed by atoms with Crippen LogP contribution in [0.5, 0.6) is 0 Å². The molecule has 2 aromatic rings. The van der Waals surface area contributed by atoms with Crippen LogP contribution in [0.25, 0.3) is 0 Å². The number of halogens is 2. The first-order chi connectivity index (χ1) is 9.97. The van der Waals surface area contributed by atoms with E-state index in [1.807, 2.05) is 0 Å². The molecule has 4 N–H and O–H groups in total. The van der Waals surface area contributed by atoms with Crippen molar-refractivity contribution in [2.45, 2.75) is 0 Å². The lowest BCUT2D eigenvalue weighted by molar-refractivity contribution is 0.262. The zero-order chi connectivity index (χ0) is 15.4. The Morgan fingerprint density at radius 3 is 2.48 bits per heavy atom. The highest BCUT2D eigenvalue weighted by molar-refractivity contribution is 9.10. The summed E-state index contributed by atoms with van der Waals surface area (Å²) in [4.78, 5) is 12.1. The molecule has 0 saturated heterocycles. The summed E-state index contributed by atoms with van der Waals surface area (Å²) >= 11 is 8.22. The number of carbonyl (C=O) groups excluding carboxylic acids is 1. The van der Waals surface area contributed by atoms with E-state index in [4.69, 9.17) is 18.0 Å². The summed E-state index contributed by atoms with van der Waals surface area (Å²) in [6.07, 6.45) is 0. The van der Waals surface area contributed by atoms with E-state index in [0.717, 1.165) is 4.47 Å². The molecule has 0 heterocycles. The molecule has 0 aliphatic rings. The first-order valence-corrected chi connectivity index (χ1v) is 7.09. The number of amides is 2. The van der Waals surface area contributed by atoms with Crippen LogP contribution in [0.1, 0.15) is 5.56 Å². The Bertz CT molecular complexity index is 708. The van der Waals surface area contributed by atoms with Gasteiger partial charge in [0, 0.05) is 10.0 Å². The monoisotopic (exact) mass is 367 g/mol. The summed E-state index contributed by atoms with van der Waals surface area (Å²) in [5, 5.41) is 5.01. The Labute approximate surface area is 134 Å². The van der Waals surface area contributed by atoms with Gasteiger partial charge in [0.15, 0.2) is 0 Å². The minimum absolute atomic E-state index is 0.0851. The van der Waals surface area contributed by atoms with Crippen LogP contribution in [0.2, 0.25) is 0 Å². The highest BCUT2D eigenvalue weighted by Crippen LogP contribution is 2.22. The molecule has 2 aromatic carbocycles. The Morgan fingerprint density at radius 2 is 1.81 bits per heavy atom. The molecule has 0 radical (unpaired) electrons. The predicted octanol–water partition coefficient (Wildman–Crippen LogP) is 3.87. The van der Waals surface area contributed by atoms with Gasteiger partial charge >= 0.3 is 6.03 Å². The van der Waals surface area contributed by atoms with Crippen molar-refractivity contribution in [2.24, 2.45) is 5.73 Å². The normalized spacial score (nSPS) is 10.0. The quantitative estimate of drug-likeness (QED) is 0.721. The van der Waals surface area contributed by atoms with Gasteiger partial charge in [-0.3, -0.25) is 0 Å². The molecule has 0 unspecified atom stereocenters. The predicted molar refractivity (Wildman–Crippen MR) is 89.1 cm³/mol. The lowest BCUT2D eigenvalue weighted by Gasteiger charge is -2.12. The number of para-hydroxylation sites is 1.